The molecule has 3 nitrogen and oxygen atoms in total. The second kappa shape index (κ2) is 5.25. The number of hydrogen-bond acceptors (Lipinski definition) is 3. The number of phenolic OH excluding ortho intramolecular Hbond substituents is 1. The monoisotopic (exact) mass is 255 g/mol. The molecular formula is C13H18ClNO2. The molecule has 0 radical (unpaired) electrons. The number of ether oxygens (including phenoxy) is 1. The standard InChI is InChI=1S/C13H18ClNO2/c1-17-13(5-2-6-13)9-15-8-10-7-11(14)3-4-12(10)16/h3-4,7,15-16H,2,5-6,8-9H2,1H3. The van der Waals surface area contributed by atoms with Gasteiger partial charge in [0.25, 0.3) is 0 Å². The first-order valence-electron chi connectivity index (χ1n) is 5.88. The van der Waals surface area contributed by atoms with E-state index in [9.17, 15) is 5.11 Å². The highest BCUT2D eigenvalue weighted by Gasteiger charge is 2.36. The summed E-state index contributed by atoms with van der Waals surface area (Å²) in [5, 5.41) is 13.6. The molecule has 1 aliphatic carbocycles. The average molecular weight is 256 g/mol. The maximum atomic E-state index is 9.66. The van der Waals surface area contributed by atoms with Gasteiger partial charge in [0.15, 0.2) is 0 Å². The Morgan fingerprint density at radius 1 is 1.47 bits per heavy atom. The molecular weight excluding hydrogens is 238 g/mol. The van der Waals surface area contributed by atoms with Crippen molar-refractivity contribution in [2.24, 2.45) is 0 Å². The van der Waals surface area contributed by atoms with Gasteiger partial charge < -0.3 is 15.2 Å². The smallest absolute Gasteiger partial charge is 0.120 e. The Balaban J connectivity index is 1.87. The van der Waals surface area contributed by atoms with Gasteiger partial charge in [-0.3, -0.25) is 0 Å². The molecule has 0 aromatic heterocycles. The third-order valence-corrected chi connectivity index (χ3v) is 3.74. The summed E-state index contributed by atoms with van der Waals surface area (Å²) in [5.74, 6) is 0.280. The summed E-state index contributed by atoms with van der Waals surface area (Å²) in [6.07, 6.45) is 3.45. The van der Waals surface area contributed by atoms with E-state index >= 15 is 0 Å². The Labute approximate surface area is 107 Å². The molecule has 2 rings (SSSR count). The van der Waals surface area contributed by atoms with Crippen LogP contribution >= 0.6 is 11.6 Å². The van der Waals surface area contributed by atoms with Crippen molar-refractivity contribution in [2.75, 3.05) is 13.7 Å². The van der Waals surface area contributed by atoms with E-state index in [1.54, 1.807) is 25.3 Å². The van der Waals surface area contributed by atoms with Gasteiger partial charge in [0.05, 0.1) is 5.60 Å². The second-order valence-corrected chi connectivity index (χ2v) is 5.05. The van der Waals surface area contributed by atoms with E-state index in [2.05, 4.69) is 5.32 Å². The molecule has 2 N–H and O–H groups in total. The highest BCUT2D eigenvalue weighted by atomic mass is 35.5. The number of aromatic hydroxyl groups is 1. The maximum Gasteiger partial charge on any atom is 0.120 e. The fraction of sp³-hybridized carbons (Fsp3) is 0.538. The lowest BCUT2D eigenvalue weighted by Crippen LogP contribution is -2.47. The van der Waals surface area contributed by atoms with Gasteiger partial charge in [-0.05, 0) is 37.5 Å². The lowest BCUT2D eigenvalue weighted by atomic mass is 9.80. The van der Waals surface area contributed by atoms with Crippen molar-refractivity contribution in [3.05, 3.63) is 28.8 Å². The van der Waals surface area contributed by atoms with Gasteiger partial charge in [0.1, 0.15) is 5.75 Å². The minimum absolute atomic E-state index is 0.00813. The summed E-state index contributed by atoms with van der Waals surface area (Å²) < 4.78 is 5.51. The highest BCUT2D eigenvalue weighted by Crippen LogP contribution is 2.34. The normalized spacial score (nSPS) is 17.8. The first-order valence-corrected chi connectivity index (χ1v) is 6.26. The Bertz CT molecular complexity index is 385. The molecule has 4 heteroatoms. The van der Waals surface area contributed by atoms with E-state index in [0.717, 1.165) is 24.9 Å². The average Bonchev–Trinajstić information content (AvgIpc) is 2.27. The van der Waals surface area contributed by atoms with Gasteiger partial charge >= 0.3 is 0 Å². The number of phenols is 1. The van der Waals surface area contributed by atoms with Crippen LogP contribution < -0.4 is 5.32 Å². The molecule has 0 unspecified atom stereocenters. The predicted molar refractivity (Wildman–Crippen MR) is 68.4 cm³/mol. The van der Waals surface area contributed by atoms with Crippen LogP contribution in [0.4, 0.5) is 0 Å². The lowest BCUT2D eigenvalue weighted by molar-refractivity contribution is -0.0695. The van der Waals surface area contributed by atoms with Crippen molar-refractivity contribution in [3.8, 4) is 5.75 Å². The molecule has 1 aromatic carbocycles. The molecule has 1 aliphatic rings. The third kappa shape index (κ3) is 2.92. The van der Waals surface area contributed by atoms with Gasteiger partial charge in [0, 0.05) is 30.8 Å². The zero-order chi connectivity index (χ0) is 12.3. The summed E-state index contributed by atoms with van der Waals surface area (Å²) in [6, 6.07) is 5.09. The van der Waals surface area contributed by atoms with Crippen molar-refractivity contribution in [2.45, 2.75) is 31.4 Å². The number of rotatable bonds is 5. The van der Waals surface area contributed by atoms with Crippen LogP contribution in [0.5, 0.6) is 5.75 Å². The largest absolute Gasteiger partial charge is 0.508 e. The SMILES string of the molecule is COC1(CNCc2cc(Cl)ccc2O)CCC1. The fourth-order valence-corrected chi connectivity index (χ4v) is 2.34. The van der Waals surface area contributed by atoms with Crippen LogP contribution in [0.2, 0.25) is 5.02 Å². The first kappa shape index (κ1) is 12.7. The molecule has 0 saturated heterocycles. The van der Waals surface area contributed by atoms with E-state index in [4.69, 9.17) is 16.3 Å². The van der Waals surface area contributed by atoms with Crippen LogP contribution in [-0.4, -0.2) is 24.4 Å². The van der Waals surface area contributed by atoms with Gasteiger partial charge in [-0.15, -0.1) is 0 Å². The maximum absolute atomic E-state index is 9.66. The first-order chi connectivity index (χ1) is 8.15. The number of halogens is 1. The fourth-order valence-electron chi connectivity index (χ4n) is 2.14. The van der Waals surface area contributed by atoms with Gasteiger partial charge in [-0.2, -0.15) is 0 Å². The molecule has 0 bridgehead atoms. The summed E-state index contributed by atoms with van der Waals surface area (Å²) in [5.41, 5.74) is 0.830. The molecule has 94 valence electrons. The molecule has 1 aromatic rings. The third-order valence-electron chi connectivity index (χ3n) is 3.50. The van der Waals surface area contributed by atoms with E-state index in [-0.39, 0.29) is 11.4 Å². The van der Waals surface area contributed by atoms with Gasteiger partial charge in [-0.1, -0.05) is 11.6 Å². The minimum atomic E-state index is 0.00813. The molecule has 0 spiro atoms. The predicted octanol–water partition coefficient (Wildman–Crippen LogP) is 2.70. The Kier molecular flexibility index (Phi) is 3.92. The van der Waals surface area contributed by atoms with Crippen molar-refractivity contribution in [3.63, 3.8) is 0 Å². The Morgan fingerprint density at radius 2 is 2.24 bits per heavy atom. The number of methoxy groups -OCH3 is 1. The summed E-state index contributed by atoms with van der Waals surface area (Å²) in [4.78, 5) is 0. The van der Waals surface area contributed by atoms with Crippen LogP contribution in [-0.2, 0) is 11.3 Å². The quantitative estimate of drug-likeness (QED) is 0.850. The molecule has 0 heterocycles. The molecule has 0 amide bonds. The highest BCUT2D eigenvalue weighted by molar-refractivity contribution is 6.30. The van der Waals surface area contributed by atoms with Crippen LogP contribution in [0.3, 0.4) is 0 Å². The van der Waals surface area contributed by atoms with Crippen LogP contribution in [0, 0.1) is 0 Å². The number of nitrogens with one attached hydrogen (secondary N) is 1. The van der Waals surface area contributed by atoms with E-state index in [1.807, 2.05) is 0 Å². The van der Waals surface area contributed by atoms with E-state index in [1.165, 1.54) is 6.42 Å². The topological polar surface area (TPSA) is 41.5 Å². The summed E-state index contributed by atoms with van der Waals surface area (Å²) >= 11 is 5.89. The molecule has 0 aliphatic heterocycles. The van der Waals surface area contributed by atoms with Crippen LogP contribution in [0.25, 0.3) is 0 Å². The molecule has 17 heavy (non-hydrogen) atoms. The summed E-state index contributed by atoms with van der Waals surface area (Å²) in [7, 11) is 1.76. The second-order valence-electron chi connectivity index (χ2n) is 4.62. The van der Waals surface area contributed by atoms with Gasteiger partial charge in [-0.25, -0.2) is 0 Å². The lowest BCUT2D eigenvalue weighted by Gasteiger charge is -2.40. The summed E-state index contributed by atoms with van der Waals surface area (Å²) in [6.45, 7) is 1.42. The molecule has 1 saturated carbocycles. The van der Waals surface area contributed by atoms with E-state index in [0.29, 0.717) is 11.6 Å². The Hall–Kier alpha value is -0.770. The van der Waals surface area contributed by atoms with Crippen molar-refractivity contribution in [1.82, 2.24) is 5.32 Å². The van der Waals surface area contributed by atoms with Gasteiger partial charge in [0.2, 0.25) is 0 Å². The molecule has 1 fully saturated rings. The molecule has 0 atom stereocenters. The minimum Gasteiger partial charge on any atom is -0.508 e. The number of hydrogen-bond donors (Lipinski definition) is 2. The van der Waals surface area contributed by atoms with Crippen molar-refractivity contribution in [1.29, 1.82) is 0 Å². The van der Waals surface area contributed by atoms with Crippen LogP contribution in [0.1, 0.15) is 24.8 Å². The number of benzene rings is 1. The van der Waals surface area contributed by atoms with Crippen molar-refractivity contribution < 1.29 is 9.84 Å². The van der Waals surface area contributed by atoms with Crippen LogP contribution in [0.15, 0.2) is 18.2 Å². The Morgan fingerprint density at radius 3 is 2.82 bits per heavy atom. The van der Waals surface area contributed by atoms with Crippen molar-refractivity contribution >= 4 is 11.6 Å². The zero-order valence-corrected chi connectivity index (χ0v) is 10.8. The van der Waals surface area contributed by atoms with E-state index < -0.39 is 0 Å². The zero-order valence-electron chi connectivity index (χ0n) is 10.0.